The second-order valence-electron chi connectivity index (χ2n) is 5.21. The van der Waals surface area contributed by atoms with Crippen molar-refractivity contribution in [3.8, 4) is 0 Å². The average Bonchev–Trinajstić information content (AvgIpc) is 2.42. The van der Waals surface area contributed by atoms with E-state index in [0.717, 1.165) is 37.1 Å². The summed E-state index contributed by atoms with van der Waals surface area (Å²) in [5, 5.41) is 15.7. The van der Waals surface area contributed by atoms with Gasteiger partial charge in [0.15, 0.2) is 0 Å². The summed E-state index contributed by atoms with van der Waals surface area (Å²) in [5.41, 5.74) is 1.74. The number of amides is 1. The van der Waals surface area contributed by atoms with Crippen LogP contribution in [0.2, 0.25) is 0 Å². The highest BCUT2D eigenvalue weighted by molar-refractivity contribution is 5.92. The number of aliphatic hydroxyl groups is 1. The molecule has 1 amide bonds. The van der Waals surface area contributed by atoms with Crippen molar-refractivity contribution >= 4 is 17.3 Å². The van der Waals surface area contributed by atoms with Crippen molar-refractivity contribution in [3.63, 3.8) is 0 Å². The van der Waals surface area contributed by atoms with Crippen LogP contribution in [0.5, 0.6) is 0 Å². The first-order valence-corrected chi connectivity index (χ1v) is 7.01. The van der Waals surface area contributed by atoms with Gasteiger partial charge in [0.2, 0.25) is 5.91 Å². The smallest absolute Gasteiger partial charge is 0.250 e. The standard InChI is InChI=1S/C15H22N2O3/c1-20-10-15(19)17-13-4-2-3-12(9-13)16-11-5-7-14(18)8-6-11/h2-4,9,11,14,16,18H,5-8,10H2,1H3,(H,17,19). The van der Waals surface area contributed by atoms with Crippen LogP contribution >= 0.6 is 0 Å². The van der Waals surface area contributed by atoms with Gasteiger partial charge in [-0.25, -0.2) is 0 Å². The predicted molar refractivity (Wildman–Crippen MR) is 78.8 cm³/mol. The number of rotatable bonds is 5. The number of ether oxygens (including phenoxy) is 1. The lowest BCUT2D eigenvalue weighted by Gasteiger charge is -2.27. The molecule has 1 fully saturated rings. The summed E-state index contributed by atoms with van der Waals surface area (Å²) >= 11 is 0. The van der Waals surface area contributed by atoms with E-state index in [9.17, 15) is 9.90 Å². The first-order chi connectivity index (χ1) is 9.67. The Bertz CT molecular complexity index is 442. The van der Waals surface area contributed by atoms with Gasteiger partial charge < -0.3 is 20.5 Å². The lowest BCUT2D eigenvalue weighted by atomic mass is 9.93. The average molecular weight is 278 g/mol. The van der Waals surface area contributed by atoms with Crippen LogP contribution < -0.4 is 10.6 Å². The Morgan fingerprint density at radius 1 is 1.30 bits per heavy atom. The van der Waals surface area contributed by atoms with Gasteiger partial charge in [-0.3, -0.25) is 4.79 Å². The first kappa shape index (κ1) is 14.8. The van der Waals surface area contributed by atoms with Gasteiger partial charge in [0, 0.05) is 24.5 Å². The fraction of sp³-hybridized carbons (Fsp3) is 0.533. The normalized spacial score (nSPS) is 22.3. The quantitative estimate of drug-likeness (QED) is 0.770. The second-order valence-corrected chi connectivity index (χ2v) is 5.21. The molecule has 0 unspecified atom stereocenters. The molecular weight excluding hydrogens is 256 g/mol. The van der Waals surface area contributed by atoms with E-state index >= 15 is 0 Å². The number of hydrogen-bond donors (Lipinski definition) is 3. The number of carbonyl (C=O) groups excluding carboxylic acids is 1. The van der Waals surface area contributed by atoms with E-state index in [1.807, 2.05) is 24.3 Å². The Kier molecular flexibility index (Phi) is 5.38. The van der Waals surface area contributed by atoms with Crippen LogP contribution in [0.4, 0.5) is 11.4 Å². The zero-order valence-corrected chi connectivity index (χ0v) is 11.8. The maximum Gasteiger partial charge on any atom is 0.250 e. The molecule has 2 rings (SSSR count). The Labute approximate surface area is 119 Å². The molecule has 5 nitrogen and oxygen atoms in total. The van der Waals surface area contributed by atoms with Gasteiger partial charge in [0.25, 0.3) is 0 Å². The third-order valence-electron chi connectivity index (χ3n) is 3.49. The summed E-state index contributed by atoms with van der Waals surface area (Å²) in [7, 11) is 1.50. The number of anilines is 2. The van der Waals surface area contributed by atoms with Gasteiger partial charge >= 0.3 is 0 Å². The molecule has 5 heteroatoms. The first-order valence-electron chi connectivity index (χ1n) is 7.01. The molecule has 0 spiro atoms. The van der Waals surface area contributed by atoms with Crippen LogP contribution in [-0.2, 0) is 9.53 Å². The van der Waals surface area contributed by atoms with Crippen LogP contribution in [0.3, 0.4) is 0 Å². The molecule has 0 bridgehead atoms. The van der Waals surface area contributed by atoms with Gasteiger partial charge in [0.1, 0.15) is 6.61 Å². The largest absolute Gasteiger partial charge is 0.393 e. The number of nitrogens with one attached hydrogen (secondary N) is 2. The zero-order chi connectivity index (χ0) is 14.4. The summed E-state index contributed by atoms with van der Waals surface area (Å²) in [6.07, 6.45) is 3.50. The minimum absolute atomic E-state index is 0.0537. The maximum atomic E-state index is 11.5. The highest BCUT2D eigenvalue weighted by atomic mass is 16.5. The van der Waals surface area contributed by atoms with Crippen molar-refractivity contribution in [2.75, 3.05) is 24.4 Å². The Balaban J connectivity index is 1.90. The van der Waals surface area contributed by atoms with Crippen molar-refractivity contribution in [1.82, 2.24) is 0 Å². The molecule has 1 aliphatic rings. The summed E-state index contributed by atoms with van der Waals surface area (Å²) < 4.78 is 4.79. The van der Waals surface area contributed by atoms with E-state index in [0.29, 0.717) is 6.04 Å². The number of hydrogen-bond acceptors (Lipinski definition) is 4. The van der Waals surface area contributed by atoms with Gasteiger partial charge in [-0.15, -0.1) is 0 Å². The molecule has 1 saturated carbocycles. The van der Waals surface area contributed by atoms with E-state index in [1.165, 1.54) is 7.11 Å². The van der Waals surface area contributed by atoms with Gasteiger partial charge in [-0.1, -0.05) is 6.07 Å². The molecule has 1 aromatic rings. The molecule has 1 aliphatic carbocycles. The van der Waals surface area contributed by atoms with Crippen molar-refractivity contribution in [3.05, 3.63) is 24.3 Å². The van der Waals surface area contributed by atoms with Gasteiger partial charge in [-0.05, 0) is 43.9 Å². The Morgan fingerprint density at radius 3 is 2.70 bits per heavy atom. The summed E-state index contributed by atoms with van der Waals surface area (Å²) in [4.78, 5) is 11.5. The molecule has 1 aromatic carbocycles. The molecule has 110 valence electrons. The van der Waals surface area contributed by atoms with Gasteiger partial charge in [0.05, 0.1) is 6.10 Å². The van der Waals surface area contributed by atoms with E-state index in [2.05, 4.69) is 10.6 Å². The van der Waals surface area contributed by atoms with Crippen LogP contribution in [0.1, 0.15) is 25.7 Å². The Hall–Kier alpha value is -1.59. The maximum absolute atomic E-state index is 11.5. The fourth-order valence-corrected chi connectivity index (χ4v) is 2.47. The number of benzene rings is 1. The second kappa shape index (κ2) is 7.26. The molecule has 0 atom stereocenters. The summed E-state index contributed by atoms with van der Waals surface area (Å²) in [6, 6.07) is 8.05. The third-order valence-corrected chi connectivity index (χ3v) is 3.49. The summed E-state index contributed by atoms with van der Waals surface area (Å²) in [5.74, 6) is -0.162. The van der Waals surface area contributed by atoms with Crippen LogP contribution in [0.15, 0.2) is 24.3 Å². The molecule has 3 N–H and O–H groups in total. The van der Waals surface area contributed by atoms with Crippen LogP contribution in [0, 0.1) is 0 Å². The molecule has 0 aliphatic heterocycles. The SMILES string of the molecule is COCC(=O)Nc1cccc(NC2CCC(O)CC2)c1. The minimum Gasteiger partial charge on any atom is -0.393 e. The monoisotopic (exact) mass is 278 g/mol. The van der Waals surface area contributed by atoms with Crippen molar-refractivity contribution in [2.24, 2.45) is 0 Å². The molecule has 0 aromatic heterocycles. The lowest BCUT2D eigenvalue weighted by Crippen LogP contribution is -2.28. The third kappa shape index (κ3) is 4.51. The van der Waals surface area contributed by atoms with E-state index < -0.39 is 0 Å². The molecule has 0 saturated heterocycles. The van der Waals surface area contributed by atoms with Crippen LogP contribution in [0.25, 0.3) is 0 Å². The number of methoxy groups -OCH3 is 1. The van der Waals surface area contributed by atoms with Crippen molar-refractivity contribution in [2.45, 2.75) is 37.8 Å². The number of carbonyl (C=O) groups is 1. The highest BCUT2D eigenvalue weighted by Crippen LogP contribution is 2.23. The fourth-order valence-electron chi connectivity index (χ4n) is 2.47. The molecule has 0 radical (unpaired) electrons. The van der Waals surface area contributed by atoms with E-state index in [-0.39, 0.29) is 18.6 Å². The summed E-state index contributed by atoms with van der Waals surface area (Å²) in [6.45, 7) is 0.0537. The topological polar surface area (TPSA) is 70.6 Å². The molecule has 0 heterocycles. The predicted octanol–water partition coefficient (Wildman–Crippen LogP) is 1.99. The molecule has 20 heavy (non-hydrogen) atoms. The van der Waals surface area contributed by atoms with Crippen molar-refractivity contribution < 1.29 is 14.6 Å². The van der Waals surface area contributed by atoms with E-state index in [1.54, 1.807) is 0 Å². The molecular formula is C15H22N2O3. The van der Waals surface area contributed by atoms with E-state index in [4.69, 9.17) is 4.74 Å². The highest BCUT2D eigenvalue weighted by Gasteiger charge is 2.19. The minimum atomic E-state index is -0.162. The Morgan fingerprint density at radius 2 is 2.00 bits per heavy atom. The lowest BCUT2D eigenvalue weighted by molar-refractivity contribution is -0.119. The van der Waals surface area contributed by atoms with Crippen molar-refractivity contribution in [1.29, 1.82) is 0 Å². The van der Waals surface area contributed by atoms with Crippen LogP contribution in [-0.4, -0.2) is 36.9 Å². The van der Waals surface area contributed by atoms with Gasteiger partial charge in [-0.2, -0.15) is 0 Å². The number of aliphatic hydroxyl groups excluding tert-OH is 1. The zero-order valence-electron chi connectivity index (χ0n) is 11.8.